The third-order valence-electron chi connectivity index (χ3n) is 1.73. The van der Waals surface area contributed by atoms with Gasteiger partial charge in [0.15, 0.2) is 0 Å². The number of aromatic nitrogens is 2. The van der Waals surface area contributed by atoms with Crippen LogP contribution >= 0.6 is 0 Å². The molecule has 1 aromatic heterocycles. The van der Waals surface area contributed by atoms with Gasteiger partial charge in [0.05, 0.1) is 6.07 Å². The van der Waals surface area contributed by atoms with Crippen molar-refractivity contribution in [3.63, 3.8) is 0 Å². The predicted molar refractivity (Wildman–Crippen MR) is 46.2 cm³/mol. The predicted octanol–water partition coefficient (Wildman–Crippen LogP) is 2.36. The first-order chi connectivity index (χ1) is 7.16. The molecule has 75 valence electrons. The average molecular weight is 209 g/mol. The van der Waals surface area contributed by atoms with Crippen LogP contribution in [0.2, 0.25) is 0 Å². The Balaban J connectivity index is 2.59. The summed E-state index contributed by atoms with van der Waals surface area (Å²) in [5, 5.41) is 0. The van der Waals surface area contributed by atoms with Gasteiger partial charge < -0.3 is 0 Å². The van der Waals surface area contributed by atoms with E-state index in [1.54, 1.807) is 6.07 Å². The summed E-state index contributed by atoms with van der Waals surface area (Å²) in [7, 11) is 0. The second kappa shape index (κ2) is 3.68. The second-order valence-corrected chi connectivity index (χ2v) is 2.76. The van der Waals surface area contributed by atoms with Crippen molar-refractivity contribution in [3.8, 4) is 11.3 Å². The lowest BCUT2D eigenvalue weighted by Gasteiger charge is -2.01. The highest BCUT2D eigenvalue weighted by atomic mass is 19.1. The molecule has 0 aliphatic heterocycles. The molecule has 0 N–H and O–H groups in total. The van der Waals surface area contributed by atoms with Crippen LogP contribution in [0.15, 0.2) is 24.5 Å². The Morgan fingerprint density at radius 2 is 1.53 bits per heavy atom. The normalized spacial score (nSPS) is 10.3. The standard InChI is InChI=1S/C10H4F3N2/c11-7-3-6(4-8(12)5-7)9-10(13)15-2-1-14-9/h1-4H. The topological polar surface area (TPSA) is 25.8 Å². The van der Waals surface area contributed by atoms with Crippen LogP contribution in [-0.2, 0) is 0 Å². The maximum atomic E-state index is 13.1. The summed E-state index contributed by atoms with van der Waals surface area (Å²) in [6.45, 7) is 0. The smallest absolute Gasteiger partial charge is 0.239 e. The first-order valence-electron chi connectivity index (χ1n) is 4.02. The summed E-state index contributed by atoms with van der Waals surface area (Å²) in [5.41, 5.74) is -0.196. The molecule has 2 aromatic rings. The van der Waals surface area contributed by atoms with Crippen molar-refractivity contribution >= 4 is 0 Å². The van der Waals surface area contributed by atoms with Crippen LogP contribution in [0.1, 0.15) is 0 Å². The van der Waals surface area contributed by atoms with Gasteiger partial charge in [-0.1, -0.05) is 0 Å². The van der Waals surface area contributed by atoms with Crippen molar-refractivity contribution in [1.29, 1.82) is 0 Å². The first-order valence-corrected chi connectivity index (χ1v) is 4.02. The van der Waals surface area contributed by atoms with Crippen molar-refractivity contribution in [2.45, 2.75) is 0 Å². The summed E-state index contributed by atoms with van der Waals surface area (Å²) >= 11 is 0. The molecule has 1 aromatic carbocycles. The van der Waals surface area contributed by atoms with Crippen LogP contribution in [0.25, 0.3) is 11.3 Å². The lowest BCUT2D eigenvalue weighted by atomic mass is 10.1. The Labute approximate surface area is 83.4 Å². The minimum atomic E-state index is -0.907. The van der Waals surface area contributed by atoms with Crippen LogP contribution in [-0.4, -0.2) is 9.97 Å². The van der Waals surface area contributed by atoms with Gasteiger partial charge in [0.1, 0.15) is 17.3 Å². The summed E-state index contributed by atoms with van der Waals surface area (Å²) in [6.07, 6.45) is 2.39. The van der Waals surface area contributed by atoms with E-state index in [1.165, 1.54) is 6.20 Å². The molecule has 0 spiro atoms. The fraction of sp³-hybridized carbons (Fsp3) is 0. The van der Waals surface area contributed by atoms with Crippen molar-refractivity contribution in [1.82, 2.24) is 9.97 Å². The van der Waals surface area contributed by atoms with Crippen molar-refractivity contribution in [3.05, 3.63) is 48.2 Å². The lowest BCUT2D eigenvalue weighted by Crippen LogP contribution is -1.93. The van der Waals surface area contributed by atoms with E-state index < -0.39 is 17.6 Å². The summed E-state index contributed by atoms with van der Waals surface area (Å²) in [6, 6.07) is 3.68. The maximum Gasteiger partial charge on any atom is 0.239 e. The van der Waals surface area contributed by atoms with Crippen LogP contribution < -0.4 is 0 Å². The Kier molecular flexibility index (Phi) is 2.37. The number of halogens is 3. The zero-order valence-corrected chi connectivity index (χ0v) is 7.34. The average Bonchev–Trinajstić information content (AvgIpc) is 2.16. The van der Waals surface area contributed by atoms with Gasteiger partial charge in [-0.3, -0.25) is 0 Å². The van der Waals surface area contributed by atoms with Gasteiger partial charge in [0.2, 0.25) is 5.95 Å². The molecule has 0 amide bonds. The van der Waals surface area contributed by atoms with Crippen molar-refractivity contribution in [2.24, 2.45) is 0 Å². The van der Waals surface area contributed by atoms with Gasteiger partial charge in [0.25, 0.3) is 0 Å². The Morgan fingerprint density at radius 3 is 2.13 bits per heavy atom. The van der Waals surface area contributed by atoms with E-state index in [4.69, 9.17) is 0 Å². The minimum Gasteiger partial charge on any atom is -0.250 e. The van der Waals surface area contributed by atoms with Crippen molar-refractivity contribution in [2.75, 3.05) is 0 Å². The van der Waals surface area contributed by atoms with Gasteiger partial charge in [-0.25, -0.2) is 18.7 Å². The number of rotatable bonds is 1. The van der Waals surface area contributed by atoms with Crippen LogP contribution in [0.5, 0.6) is 0 Å². The minimum absolute atomic E-state index is 0.00523. The zero-order valence-electron chi connectivity index (χ0n) is 7.34. The Hall–Kier alpha value is -1.91. The van der Waals surface area contributed by atoms with Crippen molar-refractivity contribution < 1.29 is 13.2 Å². The molecule has 0 saturated carbocycles. The van der Waals surface area contributed by atoms with E-state index in [0.29, 0.717) is 0 Å². The molecular formula is C10H4F3N2. The van der Waals surface area contributed by atoms with E-state index in [0.717, 1.165) is 18.3 Å². The number of benzene rings is 1. The fourth-order valence-electron chi connectivity index (χ4n) is 1.15. The number of nitrogens with zero attached hydrogens (tertiary/aromatic N) is 2. The molecule has 0 fully saturated rings. The summed E-state index contributed by atoms with van der Waals surface area (Å²) < 4.78 is 38.7. The maximum absolute atomic E-state index is 13.1. The first kappa shape index (κ1) is 9.64. The zero-order chi connectivity index (χ0) is 10.8. The second-order valence-electron chi connectivity index (χ2n) is 2.76. The molecule has 0 atom stereocenters. The molecule has 5 heteroatoms. The van der Waals surface area contributed by atoms with E-state index in [9.17, 15) is 13.2 Å². The molecule has 2 nitrogen and oxygen atoms in total. The molecule has 0 bridgehead atoms. The Bertz CT molecular complexity index is 480. The Morgan fingerprint density at radius 1 is 0.933 bits per heavy atom. The van der Waals surface area contributed by atoms with E-state index >= 15 is 0 Å². The molecule has 1 radical (unpaired) electrons. The van der Waals surface area contributed by atoms with E-state index in [1.807, 2.05) is 0 Å². The largest absolute Gasteiger partial charge is 0.250 e. The van der Waals surface area contributed by atoms with Gasteiger partial charge in [0, 0.05) is 18.0 Å². The molecule has 2 rings (SSSR count). The van der Waals surface area contributed by atoms with E-state index in [-0.39, 0.29) is 11.3 Å². The van der Waals surface area contributed by atoms with Gasteiger partial charge in [-0.15, -0.1) is 0 Å². The van der Waals surface area contributed by atoms with Gasteiger partial charge >= 0.3 is 0 Å². The van der Waals surface area contributed by atoms with Gasteiger partial charge in [-0.05, 0) is 12.1 Å². The third-order valence-corrected chi connectivity index (χ3v) is 1.73. The molecule has 1 heterocycles. The molecule has 0 saturated heterocycles. The molecule has 15 heavy (non-hydrogen) atoms. The van der Waals surface area contributed by atoms with E-state index in [2.05, 4.69) is 9.97 Å². The number of hydrogen-bond acceptors (Lipinski definition) is 2. The van der Waals surface area contributed by atoms with Gasteiger partial charge in [-0.2, -0.15) is 4.39 Å². The quantitative estimate of drug-likeness (QED) is 0.720. The molecule has 0 aliphatic carbocycles. The summed E-state index contributed by atoms with van der Waals surface area (Å²) in [4.78, 5) is 6.98. The fourth-order valence-corrected chi connectivity index (χ4v) is 1.15. The molecular weight excluding hydrogens is 205 g/mol. The monoisotopic (exact) mass is 209 g/mol. The SMILES string of the molecule is Fc1[c]c(F)cc(-c2nccnc2F)c1. The third kappa shape index (κ3) is 1.96. The molecule has 0 unspecified atom stereocenters. The highest BCUT2D eigenvalue weighted by molar-refractivity contribution is 5.58. The van der Waals surface area contributed by atoms with Crippen LogP contribution in [0.4, 0.5) is 13.2 Å². The lowest BCUT2D eigenvalue weighted by molar-refractivity contribution is 0.573. The highest BCUT2D eigenvalue weighted by Gasteiger charge is 2.09. The highest BCUT2D eigenvalue weighted by Crippen LogP contribution is 2.20. The summed E-state index contributed by atoms with van der Waals surface area (Å²) in [5.74, 6) is -2.69. The number of hydrogen-bond donors (Lipinski definition) is 0. The molecule has 0 aliphatic rings. The van der Waals surface area contributed by atoms with Crippen LogP contribution in [0, 0.1) is 23.6 Å². The van der Waals surface area contributed by atoms with Crippen LogP contribution in [0.3, 0.4) is 0 Å².